The van der Waals surface area contributed by atoms with Crippen LogP contribution in [0.25, 0.3) is 0 Å². The van der Waals surface area contributed by atoms with Crippen molar-refractivity contribution in [1.82, 2.24) is 5.32 Å². The quantitative estimate of drug-likeness (QED) is 0.667. The molecule has 0 unspecified atom stereocenters. The predicted molar refractivity (Wildman–Crippen MR) is 93.7 cm³/mol. The summed E-state index contributed by atoms with van der Waals surface area (Å²) in [6, 6.07) is 3.64. The maximum atomic E-state index is 12.9. The van der Waals surface area contributed by atoms with Crippen LogP contribution in [0.15, 0.2) is 30.3 Å². The fourth-order valence-electron chi connectivity index (χ4n) is 2.61. The van der Waals surface area contributed by atoms with E-state index in [0.717, 1.165) is 0 Å². The molecule has 0 saturated heterocycles. The molecule has 0 atom stereocenters. The lowest BCUT2D eigenvalue weighted by atomic mass is 10.0. The van der Waals surface area contributed by atoms with Gasteiger partial charge in [-0.2, -0.15) is 26.3 Å². The summed E-state index contributed by atoms with van der Waals surface area (Å²) in [6.45, 7) is -0.215. The zero-order valence-electron chi connectivity index (χ0n) is 16.0. The molecular weight excluding hydrogens is 420 g/mol. The van der Waals surface area contributed by atoms with Crippen molar-refractivity contribution < 1.29 is 45.3 Å². The number of carbonyl (C=O) groups excluding carboxylic acids is 1. The molecule has 30 heavy (non-hydrogen) atoms. The monoisotopic (exact) mass is 437 g/mol. The maximum Gasteiger partial charge on any atom is 0.416 e. The molecule has 2 aromatic rings. The van der Waals surface area contributed by atoms with Crippen LogP contribution in [-0.2, 0) is 18.9 Å². The Morgan fingerprint density at radius 2 is 1.27 bits per heavy atom. The van der Waals surface area contributed by atoms with Crippen molar-refractivity contribution in [1.29, 1.82) is 0 Å². The van der Waals surface area contributed by atoms with Crippen molar-refractivity contribution in [3.63, 3.8) is 0 Å². The normalized spacial score (nSPS) is 11.8. The Labute approximate surface area is 167 Å². The number of nitrogens with one attached hydrogen (secondary N) is 1. The lowest BCUT2D eigenvalue weighted by Gasteiger charge is -2.15. The lowest BCUT2D eigenvalue weighted by Crippen LogP contribution is -2.24. The Morgan fingerprint density at radius 1 is 0.800 bits per heavy atom. The first-order valence-electron chi connectivity index (χ1n) is 8.27. The standard InChI is InChI=1S/C19H17F6NO4/c1-28-14-4-10(5-15(29-2)16(14)30-3)9-26-17(27)11-6-12(18(20,21)22)8-13(7-11)19(23,24)25/h4-8H,9H2,1-3H3,(H,26,27). The molecule has 0 bridgehead atoms. The number of benzene rings is 2. The minimum Gasteiger partial charge on any atom is -0.493 e. The second-order valence-corrected chi connectivity index (χ2v) is 6.01. The maximum absolute atomic E-state index is 12.9. The van der Waals surface area contributed by atoms with Gasteiger partial charge < -0.3 is 19.5 Å². The molecule has 0 saturated carbocycles. The summed E-state index contributed by atoms with van der Waals surface area (Å²) in [5, 5.41) is 2.29. The van der Waals surface area contributed by atoms with Crippen LogP contribution < -0.4 is 19.5 Å². The largest absolute Gasteiger partial charge is 0.493 e. The molecule has 0 aliphatic heterocycles. The fourth-order valence-corrected chi connectivity index (χ4v) is 2.61. The summed E-state index contributed by atoms with van der Waals surface area (Å²) in [7, 11) is 4.11. The molecule has 5 nitrogen and oxygen atoms in total. The Bertz CT molecular complexity index is 867. The van der Waals surface area contributed by atoms with Crippen molar-refractivity contribution in [2.75, 3.05) is 21.3 Å². The van der Waals surface area contributed by atoms with Gasteiger partial charge in [-0.1, -0.05) is 0 Å². The number of rotatable bonds is 6. The number of hydrogen-bond acceptors (Lipinski definition) is 4. The van der Waals surface area contributed by atoms with Crippen LogP contribution in [0.3, 0.4) is 0 Å². The van der Waals surface area contributed by atoms with Gasteiger partial charge in [0.25, 0.3) is 5.91 Å². The van der Waals surface area contributed by atoms with Gasteiger partial charge in [-0.15, -0.1) is 0 Å². The van der Waals surface area contributed by atoms with E-state index >= 15 is 0 Å². The van der Waals surface area contributed by atoms with Crippen LogP contribution in [0.5, 0.6) is 17.2 Å². The van der Waals surface area contributed by atoms with E-state index in [-0.39, 0.29) is 29.9 Å². The third-order valence-corrected chi connectivity index (χ3v) is 4.03. The van der Waals surface area contributed by atoms with E-state index in [1.54, 1.807) is 0 Å². The first-order valence-corrected chi connectivity index (χ1v) is 8.27. The topological polar surface area (TPSA) is 56.8 Å². The SMILES string of the molecule is COc1cc(CNC(=O)c2cc(C(F)(F)F)cc(C(F)(F)F)c2)cc(OC)c1OC. The van der Waals surface area contributed by atoms with Crippen LogP contribution in [0, 0.1) is 0 Å². The average Bonchev–Trinajstić information content (AvgIpc) is 2.69. The summed E-state index contributed by atoms with van der Waals surface area (Å²) < 4.78 is 93.1. The Hall–Kier alpha value is -3.11. The van der Waals surface area contributed by atoms with Gasteiger partial charge >= 0.3 is 12.4 Å². The first kappa shape index (κ1) is 23.2. The van der Waals surface area contributed by atoms with Crippen molar-refractivity contribution in [3.8, 4) is 17.2 Å². The van der Waals surface area contributed by atoms with Crippen LogP contribution in [0.4, 0.5) is 26.3 Å². The number of halogens is 6. The third-order valence-electron chi connectivity index (χ3n) is 4.03. The van der Waals surface area contributed by atoms with E-state index in [1.807, 2.05) is 0 Å². The molecule has 2 rings (SSSR count). The Balaban J connectivity index is 2.33. The molecular formula is C19H17F6NO4. The van der Waals surface area contributed by atoms with E-state index in [9.17, 15) is 31.1 Å². The van der Waals surface area contributed by atoms with Gasteiger partial charge in [0.15, 0.2) is 11.5 Å². The van der Waals surface area contributed by atoms with E-state index in [0.29, 0.717) is 17.7 Å². The molecule has 0 heterocycles. The molecule has 164 valence electrons. The zero-order valence-corrected chi connectivity index (χ0v) is 16.0. The second-order valence-electron chi connectivity index (χ2n) is 6.01. The average molecular weight is 437 g/mol. The molecule has 0 aliphatic carbocycles. The van der Waals surface area contributed by atoms with Crippen LogP contribution >= 0.6 is 0 Å². The highest BCUT2D eigenvalue weighted by Crippen LogP contribution is 2.38. The third kappa shape index (κ3) is 5.28. The first-order chi connectivity index (χ1) is 13.9. The van der Waals surface area contributed by atoms with E-state index in [1.165, 1.54) is 33.5 Å². The number of alkyl halides is 6. The van der Waals surface area contributed by atoms with Gasteiger partial charge in [0, 0.05) is 12.1 Å². The summed E-state index contributed by atoms with van der Waals surface area (Å²) in [6.07, 6.45) is -10.1. The molecule has 1 N–H and O–H groups in total. The lowest BCUT2D eigenvalue weighted by molar-refractivity contribution is -0.143. The summed E-state index contributed by atoms with van der Waals surface area (Å²) in [4.78, 5) is 12.3. The highest BCUT2D eigenvalue weighted by molar-refractivity contribution is 5.94. The molecule has 0 aromatic heterocycles. The van der Waals surface area contributed by atoms with Crippen LogP contribution in [-0.4, -0.2) is 27.2 Å². The van der Waals surface area contributed by atoms with Crippen molar-refractivity contribution >= 4 is 5.91 Å². The van der Waals surface area contributed by atoms with Gasteiger partial charge in [0.2, 0.25) is 5.75 Å². The second kappa shape index (κ2) is 8.72. The van der Waals surface area contributed by atoms with Crippen molar-refractivity contribution in [3.05, 3.63) is 52.6 Å². The molecule has 11 heteroatoms. The highest BCUT2D eigenvalue weighted by atomic mass is 19.4. The number of amides is 1. The van der Waals surface area contributed by atoms with Crippen molar-refractivity contribution in [2.24, 2.45) is 0 Å². The highest BCUT2D eigenvalue weighted by Gasteiger charge is 2.37. The molecule has 0 fully saturated rings. The Kier molecular flexibility index (Phi) is 6.73. The molecule has 0 radical (unpaired) electrons. The molecule has 1 amide bonds. The predicted octanol–water partition coefficient (Wildman–Crippen LogP) is 4.68. The van der Waals surface area contributed by atoms with E-state index in [4.69, 9.17) is 14.2 Å². The number of hydrogen-bond donors (Lipinski definition) is 1. The van der Waals surface area contributed by atoms with Crippen LogP contribution in [0.2, 0.25) is 0 Å². The fraction of sp³-hybridized carbons (Fsp3) is 0.316. The molecule has 2 aromatic carbocycles. The van der Waals surface area contributed by atoms with Crippen LogP contribution in [0.1, 0.15) is 27.0 Å². The minimum atomic E-state index is -5.05. The minimum absolute atomic E-state index is 0.0457. The smallest absolute Gasteiger partial charge is 0.416 e. The molecule has 0 aliphatic rings. The van der Waals surface area contributed by atoms with Gasteiger partial charge in [-0.05, 0) is 35.9 Å². The summed E-state index contributed by atoms with van der Waals surface area (Å²) in [5.41, 5.74) is -3.50. The van der Waals surface area contributed by atoms with E-state index < -0.39 is 35.0 Å². The van der Waals surface area contributed by atoms with Gasteiger partial charge in [0.05, 0.1) is 32.5 Å². The van der Waals surface area contributed by atoms with Gasteiger partial charge in [-0.25, -0.2) is 0 Å². The Morgan fingerprint density at radius 3 is 1.63 bits per heavy atom. The number of ether oxygens (including phenoxy) is 3. The number of methoxy groups -OCH3 is 3. The summed E-state index contributed by atoms with van der Waals surface area (Å²) >= 11 is 0. The summed E-state index contributed by atoms with van der Waals surface area (Å²) in [5.74, 6) is -0.304. The zero-order chi connectivity index (χ0) is 22.7. The van der Waals surface area contributed by atoms with Gasteiger partial charge in [-0.3, -0.25) is 4.79 Å². The van der Waals surface area contributed by atoms with Gasteiger partial charge in [0.1, 0.15) is 0 Å². The van der Waals surface area contributed by atoms with E-state index in [2.05, 4.69) is 5.32 Å². The number of carbonyl (C=O) groups is 1. The van der Waals surface area contributed by atoms with Crippen molar-refractivity contribution in [2.45, 2.75) is 18.9 Å². The molecule has 0 spiro atoms.